The number of aliphatic hydroxyl groups is 1. The number of hydrogen-bond donors (Lipinski definition) is 2. The third kappa shape index (κ3) is 4.67. The lowest BCUT2D eigenvalue weighted by atomic mass is 10.2. The van der Waals surface area contributed by atoms with Gasteiger partial charge in [0.25, 0.3) is 0 Å². The lowest BCUT2D eigenvalue weighted by molar-refractivity contribution is 0.137. The molecule has 1 amide bonds. The number of aliphatic hydroxyl groups excluding tert-OH is 1. The van der Waals surface area contributed by atoms with Gasteiger partial charge in [-0.25, -0.2) is 4.79 Å². The minimum Gasteiger partial charge on any atom is -0.445 e. The summed E-state index contributed by atoms with van der Waals surface area (Å²) in [5, 5.41) is 11.5. The van der Waals surface area contributed by atoms with Crippen LogP contribution in [0.4, 0.5) is 4.79 Å². The van der Waals surface area contributed by atoms with Gasteiger partial charge in [-0.05, 0) is 17.7 Å². The zero-order chi connectivity index (χ0) is 11.1. The van der Waals surface area contributed by atoms with E-state index >= 15 is 0 Å². The second-order valence-electron chi connectivity index (χ2n) is 2.85. The van der Waals surface area contributed by atoms with E-state index in [9.17, 15) is 4.79 Å². The summed E-state index contributed by atoms with van der Waals surface area (Å²) in [7, 11) is 0. The van der Waals surface area contributed by atoms with E-state index in [1.807, 2.05) is 0 Å². The molecule has 82 valence electrons. The minimum absolute atomic E-state index is 0.101. The van der Waals surface area contributed by atoms with Crippen molar-refractivity contribution in [1.82, 2.24) is 5.32 Å². The highest BCUT2D eigenvalue weighted by Gasteiger charge is 2.00. The predicted octanol–water partition coefficient (Wildman–Crippen LogP) is 1.56. The van der Waals surface area contributed by atoms with Crippen molar-refractivity contribution in [2.75, 3.05) is 13.2 Å². The Morgan fingerprint density at radius 1 is 1.40 bits per heavy atom. The van der Waals surface area contributed by atoms with E-state index in [-0.39, 0.29) is 19.8 Å². The number of amides is 1. The molecule has 0 aromatic heterocycles. The zero-order valence-corrected chi connectivity index (χ0v) is 8.83. The van der Waals surface area contributed by atoms with Crippen LogP contribution < -0.4 is 5.32 Å². The number of carbonyl (C=O) groups excluding carboxylic acids is 1. The number of rotatable bonds is 4. The van der Waals surface area contributed by atoms with E-state index in [1.165, 1.54) is 0 Å². The Morgan fingerprint density at radius 3 is 2.67 bits per heavy atom. The third-order valence-electron chi connectivity index (χ3n) is 1.66. The maximum absolute atomic E-state index is 11.0. The van der Waals surface area contributed by atoms with E-state index < -0.39 is 6.09 Å². The van der Waals surface area contributed by atoms with Crippen molar-refractivity contribution < 1.29 is 14.6 Å². The number of halogens is 1. The maximum atomic E-state index is 11.0. The summed E-state index contributed by atoms with van der Waals surface area (Å²) in [6.45, 7) is 0.282. The van der Waals surface area contributed by atoms with Crippen LogP contribution in [-0.4, -0.2) is 24.4 Å². The molecule has 0 bridgehead atoms. The lowest BCUT2D eigenvalue weighted by Crippen LogP contribution is -2.26. The van der Waals surface area contributed by atoms with E-state index in [2.05, 4.69) is 5.32 Å². The standard InChI is InChI=1S/C10H12ClNO3/c11-9-3-1-8(2-4-9)7-15-10(14)12-5-6-13/h1-4,13H,5-7H2,(H,12,14). The summed E-state index contributed by atoms with van der Waals surface area (Å²) in [5.41, 5.74) is 0.860. The molecule has 0 heterocycles. The molecule has 2 N–H and O–H groups in total. The van der Waals surface area contributed by atoms with Crippen LogP contribution in [0.1, 0.15) is 5.56 Å². The fraction of sp³-hybridized carbons (Fsp3) is 0.300. The number of alkyl carbamates (subject to hydrolysis) is 1. The largest absolute Gasteiger partial charge is 0.445 e. The van der Waals surface area contributed by atoms with Gasteiger partial charge in [0.1, 0.15) is 6.61 Å². The number of nitrogens with one attached hydrogen (secondary N) is 1. The molecule has 15 heavy (non-hydrogen) atoms. The molecule has 0 saturated heterocycles. The van der Waals surface area contributed by atoms with Gasteiger partial charge in [0.15, 0.2) is 0 Å². The highest BCUT2D eigenvalue weighted by molar-refractivity contribution is 6.30. The SMILES string of the molecule is O=C(NCCO)OCc1ccc(Cl)cc1. The summed E-state index contributed by atoms with van der Waals surface area (Å²) >= 11 is 5.70. The first-order valence-electron chi connectivity index (χ1n) is 4.48. The van der Waals surface area contributed by atoms with Gasteiger partial charge in [-0.1, -0.05) is 23.7 Å². The Labute approximate surface area is 92.8 Å². The molecule has 0 aliphatic rings. The van der Waals surface area contributed by atoms with Crippen molar-refractivity contribution in [1.29, 1.82) is 0 Å². The molecule has 1 aromatic carbocycles. The van der Waals surface area contributed by atoms with Crippen molar-refractivity contribution in [3.05, 3.63) is 34.9 Å². The molecule has 4 nitrogen and oxygen atoms in total. The number of carbonyl (C=O) groups is 1. The van der Waals surface area contributed by atoms with Crippen LogP contribution in [0.3, 0.4) is 0 Å². The molecule has 1 rings (SSSR count). The van der Waals surface area contributed by atoms with Crippen LogP contribution in [0.15, 0.2) is 24.3 Å². The van der Waals surface area contributed by atoms with E-state index in [4.69, 9.17) is 21.4 Å². The van der Waals surface area contributed by atoms with Crippen molar-refractivity contribution in [3.63, 3.8) is 0 Å². The molecule has 0 fully saturated rings. The average molecular weight is 230 g/mol. The van der Waals surface area contributed by atoms with Gasteiger partial charge >= 0.3 is 6.09 Å². The first kappa shape index (κ1) is 11.8. The molecule has 0 unspecified atom stereocenters. The fourth-order valence-electron chi connectivity index (χ4n) is 0.939. The van der Waals surface area contributed by atoms with Gasteiger partial charge in [-0.2, -0.15) is 0 Å². The Kier molecular flexibility index (Phi) is 4.93. The van der Waals surface area contributed by atoms with Gasteiger partial charge in [0, 0.05) is 11.6 Å². The van der Waals surface area contributed by atoms with Crippen LogP contribution in [-0.2, 0) is 11.3 Å². The van der Waals surface area contributed by atoms with E-state index in [1.54, 1.807) is 24.3 Å². The van der Waals surface area contributed by atoms with Crippen LogP contribution in [0, 0.1) is 0 Å². The van der Waals surface area contributed by atoms with Crippen molar-refractivity contribution in [3.8, 4) is 0 Å². The molecular formula is C10H12ClNO3. The second kappa shape index (κ2) is 6.27. The number of ether oxygens (including phenoxy) is 1. The van der Waals surface area contributed by atoms with Crippen LogP contribution in [0.2, 0.25) is 5.02 Å². The zero-order valence-electron chi connectivity index (χ0n) is 8.07. The van der Waals surface area contributed by atoms with Gasteiger partial charge in [-0.3, -0.25) is 0 Å². The molecule has 0 spiro atoms. The minimum atomic E-state index is -0.543. The summed E-state index contributed by atoms with van der Waals surface area (Å²) in [6.07, 6.45) is -0.543. The summed E-state index contributed by atoms with van der Waals surface area (Å²) < 4.78 is 4.87. The van der Waals surface area contributed by atoms with Gasteiger partial charge in [-0.15, -0.1) is 0 Å². The Bertz CT molecular complexity index is 313. The Balaban J connectivity index is 2.30. The van der Waals surface area contributed by atoms with Crippen LogP contribution in [0.25, 0.3) is 0 Å². The highest BCUT2D eigenvalue weighted by Crippen LogP contribution is 2.10. The molecule has 0 atom stereocenters. The first-order chi connectivity index (χ1) is 7.22. The van der Waals surface area contributed by atoms with Crippen molar-refractivity contribution >= 4 is 17.7 Å². The van der Waals surface area contributed by atoms with E-state index in [0.717, 1.165) is 5.56 Å². The normalized spacial score (nSPS) is 9.73. The smallest absolute Gasteiger partial charge is 0.407 e. The average Bonchev–Trinajstić information content (AvgIpc) is 2.25. The molecule has 5 heteroatoms. The highest BCUT2D eigenvalue weighted by atomic mass is 35.5. The molecule has 0 aliphatic heterocycles. The van der Waals surface area contributed by atoms with Gasteiger partial charge in [0.05, 0.1) is 6.61 Å². The monoisotopic (exact) mass is 229 g/mol. The third-order valence-corrected chi connectivity index (χ3v) is 1.92. The first-order valence-corrected chi connectivity index (χ1v) is 4.86. The maximum Gasteiger partial charge on any atom is 0.407 e. The summed E-state index contributed by atoms with van der Waals surface area (Å²) in [5.74, 6) is 0. The fourth-order valence-corrected chi connectivity index (χ4v) is 1.06. The topological polar surface area (TPSA) is 58.6 Å². The van der Waals surface area contributed by atoms with Gasteiger partial charge < -0.3 is 15.2 Å². The lowest BCUT2D eigenvalue weighted by Gasteiger charge is -2.05. The Morgan fingerprint density at radius 2 is 2.07 bits per heavy atom. The molecule has 0 saturated carbocycles. The van der Waals surface area contributed by atoms with Crippen LogP contribution >= 0.6 is 11.6 Å². The van der Waals surface area contributed by atoms with Crippen LogP contribution in [0.5, 0.6) is 0 Å². The van der Waals surface area contributed by atoms with Crippen molar-refractivity contribution in [2.24, 2.45) is 0 Å². The number of benzene rings is 1. The van der Waals surface area contributed by atoms with Crippen molar-refractivity contribution in [2.45, 2.75) is 6.61 Å². The molecular weight excluding hydrogens is 218 g/mol. The number of hydrogen-bond acceptors (Lipinski definition) is 3. The second-order valence-corrected chi connectivity index (χ2v) is 3.29. The summed E-state index contributed by atoms with van der Waals surface area (Å²) in [6, 6.07) is 7.01. The molecule has 0 aliphatic carbocycles. The molecule has 1 aromatic rings. The predicted molar refractivity (Wildman–Crippen MR) is 56.7 cm³/mol. The van der Waals surface area contributed by atoms with Gasteiger partial charge in [0.2, 0.25) is 0 Å². The molecule has 0 radical (unpaired) electrons. The van der Waals surface area contributed by atoms with E-state index in [0.29, 0.717) is 5.02 Å². The quantitative estimate of drug-likeness (QED) is 0.824. The Hall–Kier alpha value is -1.26. The summed E-state index contributed by atoms with van der Waals surface area (Å²) in [4.78, 5) is 11.0.